The highest BCUT2D eigenvalue weighted by Crippen LogP contribution is 2.45. The topological polar surface area (TPSA) is 98.9 Å². The van der Waals surface area contributed by atoms with E-state index in [0.717, 1.165) is 71.2 Å². The Morgan fingerprint density at radius 2 is 1.81 bits per heavy atom. The molecule has 8 rings (SSSR count). The van der Waals surface area contributed by atoms with Crippen molar-refractivity contribution in [2.75, 3.05) is 24.2 Å². The summed E-state index contributed by atoms with van der Waals surface area (Å²) in [6.45, 7) is 1.52. The molecule has 2 aromatic heterocycles. The van der Waals surface area contributed by atoms with Crippen LogP contribution in [0.15, 0.2) is 71.2 Å². The lowest BCUT2D eigenvalue weighted by Crippen LogP contribution is -2.34. The molecule has 0 N–H and O–H groups in total. The zero-order chi connectivity index (χ0) is 37.7. The van der Waals surface area contributed by atoms with Crippen LogP contribution in [0.1, 0.15) is 88.5 Å². The third-order valence-electron chi connectivity index (χ3n) is 10.1. The number of aryl methyl sites for hydroxylation is 2. The molecule has 1 atom stereocenters. The number of oxime groups is 1. The quantitative estimate of drug-likeness (QED) is 0.0952. The lowest BCUT2D eigenvalue weighted by atomic mass is 9.93. The molecule has 54 heavy (non-hydrogen) atoms. The van der Waals surface area contributed by atoms with Crippen LogP contribution in [0.2, 0.25) is 5.02 Å². The van der Waals surface area contributed by atoms with E-state index < -0.39 is 40.5 Å². The number of thiazole rings is 1. The van der Waals surface area contributed by atoms with Crippen LogP contribution in [0.5, 0.6) is 5.75 Å². The number of alkyl halides is 4. The van der Waals surface area contributed by atoms with Crippen molar-refractivity contribution in [2.24, 2.45) is 5.16 Å². The van der Waals surface area contributed by atoms with E-state index in [9.17, 15) is 26.0 Å². The van der Waals surface area contributed by atoms with Crippen LogP contribution in [0.4, 0.5) is 23.2 Å². The summed E-state index contributed by atoms with van der Waals surface area (Å²) < 4.78 is 84.3. The van der Waals surface area contributed by atoms with E-state index in [1.165, 1.54) is 22.8 Å². The van der Waals surface area contributed by atoms with Gasteiger partial charge in [0.25, 0.3) is 12.9 Å². The first-order valence-corrected chi connectivity index (χ1v) is 20.5. The largest absolute Gasteiger partial charge is 0.387 e. The third kappa shape index (κ3) is 7.20. The molecule has 0 radical (unpaired) electrons. The van der Waals surface area contributed by atoms with Gasteiger partial charge in [0.2, 0.25) is 0 Å². The third-order valence-corrected chi connectivity index (χ3v) is 12.0. The Morgan fingerprint density at radius 3 is 2.57 bits per heavy atom. The molecule has 0 amide bonds. The summed E-state index contributed by atoms with van der Waals surface area (Å²) in [5.41, 5.74) is 7.32. The fraction of sp³-hybridized carbons (Fsp3) is 0.342. The van der Waals surface area contributed by atoms with Crippen molar-refractivity contribution >= 4 is 44.5 Å². The molecule has 9 nitrogen and oxygen atoms in total. The van der Waals surface area contributed by atoms with Gasteiger partial charge in [-0.15, -0.1) is 11.3 Å². The molecule has 1 aliphatic carbocycles. The number of aromatic nitrogens is 3. The minimum atomic E-state index is -3.80. The Morgan fingerprint density at radius 1 is 1.02 bits per heavy atom. The first kappa shape index (κ1) is 36.5. The molecule has 282 valence electrons. The second-order valence-electron chi connectivity index (χ2n) is 13.6. The van der Waals surface area contributed by atoms with Crippen molar-refractivity contribution in [2.45, 2.75) is 63.5 Å². The maximum atomic E-state index is 13.8. The second-order valence-corrected chi connectivity index (χ2v) is 16.5. The molecule has 4 heterocycles. The van der Waals surface area contributed by atoms with Crippen LogP contribution in [0.3, 0.4) is 0 Å². The molecular weight excluding hydrogens is 766 g/mol. The summed E-state index contributed by atoms with van der Waals surface area (Å²) in [6, 6.07) is 17.9. The molecule has 1 saturated heterocycles. The first-order valence-electron chi connectivity index (χ1n) is 17.4. The molecule has 0 bridgehead atoms. The highest BCUT2D eigenvalue weighted by molar-refractivity contribution is 7.86. The van der Waals surface area contributed by atoms with Gasteiger partial charge in [0.15, 0.2) is 11.9 Å². The van der Waals surface area contributed by atoms with Crippen molar-refractivity contribution in [3.05, 3.63) is 115 Å². The Bertz CT molecular complexity index is 2360. The molecular formula is C38H34ClF4N5O4S2. The number of hydrogen-bond donors (Lipinski definition) is 0. The van der Waals surface area contributed by atoms with Gasteiger partial charge < -0.3 is 13.9 Å². The van der Waals surface area contributed by atoms with Crippen molar-refractivity contribution in [1.29, 1.82) is 0 Å². The predicted octanol–water partition coefficient (Wildman–Crippen LogP) is 9.27. The first-order chi connectivity index (χ1) is 25.9. The summed E-state index contributed by atoms with van der Waals surface area (Å²) in [7, 11) is -3.80. The summed E-state index contributed by atoms with van der Waals surface area (Å²) in [5, 5.41) is 11.3. The molecule has 2 aliphatic heterocycles. The van der Waals surface area contributed by atoms with E-state index in [0.29, 0.717) is 34.8 Å². The highest BCUT2D eigenvalue weighted by atomic mass is 35.5. The summed E-state index contributed by atoms with van der Waals surface area (Å²) in [4.78, 5) is 13.0. The predicted molar refractivity (Wildman–Crippen MR) is 199 cm³/mol. The van der Waals surface area contributed by atoms with E-state index >= 15 is 0 Å². The number of halogens is 5. The maximum absolute atomic E-state index is 13.8. The van der Waals surface area contributed by atoms with Crippen LogP contribution in [0, 0.1) is 0 Å². The SMILES string of the molecule is CS(=O)(=O)Oc1cccc(Cl)c1C1CC(c2csc(C3CCN(c4c(CCn5nc(C(F)F)cc5C(F)F)ccc5c4Cc4ccccc4-5)CC3)n2)=NO1. The van der Waals surface area contributed by atoms with Gasteiger partial charge in [0, 0.05) is 49.5 Å². The fourth-order valence-corrected chi connectivity index (χ4v) is 9.45. The number of rotatable bonds is 11. The average molecular weight is 800 g/mol. The molecule has 0 spiro atoms. The minimum absolute atomic E-state index is 0.0421. The van der Waals surface area contributed by atoms with Crippen molar-refractivity contribution < 1.29 is 35.0 Å². The number of benzene rings is 3. The van der Waals surface area contributed by atoms with Gasteiger partial charge in [-0.25, -0.2) is 22.5 Å². The number of hydrogen-bond acceptors (Lipinski definition) is 9. The highest BCUT2D eigenvalue weighted by Gasteiger charge is 2.33. The van der Waals surface area contributed by atoms with Crippen LogP contribution in [-0.4, -0.2) is 48.2 Å². The second kappa shape index (κ2) is 14.6. The lowest BCUT2D eigenvalue weighted by molar-refractivity contribution is 0.0846. The van der Waals surface area contributed by atoms with Crippen LogP contribution in [0.25, 0.3) is 11.1 Å². The van der Waals surface area contributed by atoms with E-state index in [2.05, 4.69) is 33.4 Å². The van der Waals surface area contributed by atoms with Gasteiger partial charge in [0.05, 0.1) is 27.5 Å². The van der Waals surface area contributed by atoms with Gasteiger partial charge in [-0.05, 0) is 65.3 Å². The molecule has 1 fully saturated rings. The average Bonchev–Trinajstić information content (AvgIpc) is 3.95. The van der Waals surface area contributed by atoms with Crippen molar-refractivity contribution in [3.63, 3.8) is 0 Å². The molecule has 16 heteroatoms. The Labute approximate surface area is 318 Å². The molecule has 3 aliphatic rings. The van der Waals surface area contributed by atoms with E-state index in [4.69, 9.17) is 25.6 Å². The van der Waals surface area contributed by atoms with Gasteiger partial charge >= 0.3 is 10.1 Å². The number of fused-ring (bicyclic) bond motifs is 3. The molecule has 0 saturated carbocycles. The standard InChI is InChI=1S/C38H34ClF4N5O4S2/c1-54(49,50)52-32-8-4-7-27(39)34(32)33-19-28(46-51-33)30-20-53-38(44-30)22-11-14-47(15-12-22)35-21(9-10-25-24-6-3-2-5-23(24)17-26(25)35)13-16-48-31(37(42)43)18-29(45-48)36(40)41/h2-10,18,20,22,33,36-37H,11-17,19H2,1H3. The fourth-order valence-electron chi connectivity index (χ4n) is 7.69. The minimum Gasteiger partial charge on any atom is -0.387 e. The van der Waals surface area contributed by atoms with Crippen LogP contribution >= 0.6 is 22.9 Å². The monoisotopic (exact) mass is 799 g/mol. The normalized spacial score (nSPS) is 17.2. The number of anilines is 1. The molecule has 1 unspecified atom stereocenters. The molecule has 3 aromatic carbocycles. The smallest absolute Gasteiger partial charge is 0.306 e. The Kier molecular flexibility index (Phi) is 9.90. The molecule has 5 aromatic rings. The van der Waals surface area contributed by atoms with Crippen LogP contribution < -0.4 is 9.08 Å². The van der Waals surface area contributed by atoms with Gasteiger partial charge in [0.1, 0.15) is 17.1 Å². The summed E-state index contributed by atoms with van der Waals surface area (Å²) >= 11 is 8.01. The van der Waals surface area contributed by atoms with Gasteiger partial charge in [-0.1, -0.05) is 59.2 Å². The van der Waals surface area contributed by atoms with E-state index in [1.807, 2.05) is 23.6 Å². The van der Waals surface area contributed by atoms with Crippen LogP contribution in [-0.2, 0) is 34.3 Å². The Balaban J connectivity index is 0.991. The number of piperidine rings is 1. The maximum Gasteiger partial charge on any atom is 0.306 e. The van der Waals surface area contributed by atoms with E-state index in [1.54, 1.807) is 23.5 Å². The zero-order valence-electron chi connectivity index (χ0n) is 28.9. The lowest BCUT2D eigenvalue weighted by Gasteiger charge is -2.35. The van der Waals surface area contributed by atoms with Crippen molar-refractivity contribution in [1.82, 2.24) is 14.8 Å². The Hall–Kier alpha value is -4.47. The number of nitrogens with zero attached hydrogens (tertiary/aromatic N) is 5. The van der Waals surface area contributed by atoms with Gasteiger partial charge in [-0.2, -0.15) is 13.5 Å². The van der Waals surface area contributed by atoms with E-state index in [-0.39, 0.29) is 18.2 Å². The van der Waals surface area contributed by atoms with Crippen molar-refractivity contribution in [3.8, 4) is 16.9 Å². The summed E-state index contributed by atoms with van der Waals surface area (Å²) in [6.07, 6.45) is -2.47. The summed E-state index contributed by atoms with van der Waals surface area (Å²) in [5.74, 6) is 0.286. The van der Waals surface area contributed by atoms with Gasteiger partial charge in [-0.3, -0.25) is 4.68 Å². The zero-order valence-corrected chi connectivity index (χ0v) is 31.3.